The first-order valence-corrected chi connectivity index (χ1v) is 6.44. The minimum atomic E-state index is -0.338. The van der Waals surface area contributed by atoms with Crippen LogP contribution in [0.3, 0.4) is 0 Å². The van der Waals surface area contributed by atoms with Gasteiger partial charge in [-0.25, -0.2) is 4.98 Å². The van der Waals surface area contributed by atoms with E-state index in [1.54, 1.807) is 24.4 Å². The molecule has 98 valence electrons. The van der Waals surface area contributed by atoms with Crippen molar-refractivity contribution in [3.63, 3.8) is 0 Å². The van der Waals surface area contributed by atoms with Crippen LogP contribution >= 0.6 is 0 Å². The van der Waals surface area contributed by atoms with Crippen molar-refractivity contribution in [2.45, 2.75) is 25.8 Å². The van der Waals surface area contributed by atoms with Crippen LogP contribution < -0.4 is 10.9 Å². The lowest BCUT2D eigenvalue weighted by Crippen LogP contribution is -2.37. The molecule has 1 unspecified atom stereocenters. The van der Waals surface area contributed by atoms with Crippen LogP contribution in [0.1, 0.15) is 30.1 Å². The zero-order valence-electron chi connectivity index (χ0n) is 10.7. The lowest BCUT2D eigenvalue weighted by Gasteiger charge is -2.12. The number of rotatable bonds is 3. The van der Waals surface area contributed by atoms with Crippen LogP contribution in [0, 0.1) is 5.92 Å². The Bertz CT molecular complexity index is 688. The Morgan fingerprint density at radius 3 is 3.00 bits per heavy atom. The molecular weight excluding hydrogens is 242 g/mol. The molecule has 1 amide bonds. The molecule has 19 heavy (non-hydrogen) atoms. The van der Waals surface area contributed by atoms with Gasteiger partial charge >= 0.3 is 0 Å². The number of amides is 1. The largest absolute Gasteiger partial charge is 0.349 e. The average Bonchev–Trinajstić information content (AvgIpc) is 3.23. The molecule has 1 aliphatic rings. The van der Waals surface area contributed by atoms with Crippen molar-refractivity contribution >= 4 is 11.6 Å². The maximum atomic E-state index is 12.2. The Hall–Kier alpha value is -2.17. The van der Waals surface area contributed by atoms with Crippen LogP contribution in [-0.2, 0) is 0 Å². The van der Waals surface area contributed by atoms with Crippen LogP contribution in [0.2, 0.25) is 0 Å². The predicted octanol–water partition coefficient (Wildman–Crippen LogP) is 1.22. The van der Waals surface area contributed by atoms with Crippen molar-refractivity contribution in [3.8, 4) is 0 Å². The van der Waals surface area contributed by atoms with Crippen LogP contribution in [0.4, 0.5) is 0 Å². The summed E-state index contributed by atoms with van der Waals surface area (Å²) in [5, 5.41) is 2.87. The Kier molecular flexibility index (Phi) is 2.81. The lowest BCUT2D eigenvalue weighted by atomic mass is 10.2. The summed E-state index contributed by atoms with van der Waals surface area (Å²) in [6, 6.07) is 5.39. The third kappa shape index (κ3) is 2.23. The minimum absolute atomic E-state index is 0.0937. The second-order valence-electron chi connectivity index (χ2n) is 5.01. The fourth-order valence-electron chi connectivity index (χ4n) is 2.18. The summed E-state index contributed by atoms with van der Waals surface area (Å²) in [4.78, 5) is 28.4. The molecule has 0 spiro atoms. The van der Waals surface area contributed by atoms with Gasteiger partial charge in [-0.1, -0.05) is 6.07 Å². The van der Waals surface area contributed by atoms with Gasteiger partial charge in [0.2, 0.25) is 0 Å². The molecule has 5 nitrogen and oxygen atoms in total. The second kappa shape index (κ2) is 4.50. The molecule has 1 saturated carbocycles. The highest BCUT2D eigenvalue weighted by molar-refractivity contribution is 5.93. The third-order valence-electron chi connectivity index (χ3n) is 3.55. The standard InChI is InChI=1S/C14H15N3O2/c1-9(10-5-6-10)16-13(18)11-8-15-12-4-2-3-7-17(12)14(11)19/h2-4,7-10H,5-6H2,1H3,(H,16,18). The van der Waals surface area contributed by atoms with Gasteiger partial charge in [0.25, 0.3) is 11.5 Å². The molecular formula is C14H15N3O2. The molecule has 1 fully saturated rings. The van der Waals surface area contributed by atoms with Crippen molar-refractivity contribution < 1.29 is 4.79 Å². The number of hydrogen-bond donors (Lipinski definition) is 1. The maximum absolute atomic E-state index is 12.2. The van der Waals surface area contributed by atoms with Gasteiger partial charge < -0.3 is 5.32 Å². The minimum Gasteiger partial charge on any atom is -0.349 e. The molecule has 1 N–H and O–H groups in total. The first kappa shape index (κ1) is 11.9. The van der Waals surface area contributed by atoms with E-state index in [1.807, 2.05) is 6.92 Å². The van der Waals surface area contributed by atoms with E-state index < -0.39 is 0 Å². The molecule has 5 heteroatoms. The number of carbonyl (C=O) groups excluding carboxylic acids is 1. The van der Waals surface area contributed by atoms with Crippen molar-refractivity contribution in [1.29, 1.82) is 0 Å². The number of fused-ring (bicyclic) bond motifs is 1. The van der Waals surface area contributed by atoms with Crippen LogP contribution in [-0.4, -0.2) is 21.3 Å². The van der Waals surface area contributed by atoms with Gasteiger partial charge in [0, 0.05) is 18.4 Å². The topological polar surface area (TPSA) is 63.5 Å². The summed E-state index contributed by atoms with van der Waals surface area (Å²) >= 11 is 0. The highest BCUT2D eigenvalue weighted by Gasteiger charge is 2.29. The molecule has 3 rings (SSSR count). The number of hydrogen-bond acceptors (Lipinski definition) is 3. The van der Waals surface area contributed by atoms with Crippen molar-refractivity contribution in [2.75, 3.05) is 0 Å². The van der Waals surface area contributed by atoms with E-state index in [4.69, 9.17) is 0 Å². The molecule has 0 radical (unpaired) electrons. The van der Waals surface area contributed by atoms with E-state index in [0.29, 0.717) is 11.6 Å². The van der Waals surface area contributed by atoms with E-state index in [2.05, 4.69) is 10.3 Å². The number of pyridine rings is 1. The van der Waals surface area contributed by atoms with E-state index in [0.717, 1.165) is 12.8 Å². The molecule has 0 saturated heterocycles. The summed E-state index contributed by atoms with van der Waals surface area (Å²) in [6.45, 7) is 1.97. The smallest absolute Gasteiger partial charge is 0.270 e. The molecule has 2 aromatic heterocycles. The highest BCUT2D eigenvalue weighted by Crippen LogP contribution is 2.32. The van der Waals surface area contributed by atoms with E-state index in [9.17, 15) is 9.59 Å². The van der Waals surface area contributed by atoms with Crippen molar-refractivity contribution in [2.24, 2.45) is 5.92 Å². The SMILES string of the molecule is CC(NC(=O)c1cnc2ccccn2c1=O)C1CC1. The molecule has 0 aromatic carbocycles. The van der Waals surface area contributed by atoms with Crippen LogP contribution in [0.25, 0.3) is 5.65 Å². The molecule has 0 aliphatic heterocycles. The summed E-state index contributed by atoms with van der Waals surface area (Å²) in [6.07, 6.45) is 5.27. The van der Waals surface area contributed by atoms with Gasteiger partial charge in [-0.2, -0.15) is 0 Å². The quantitative estimate of drug-likeness (QED) is 0.899. The number of nitrogens with one attached hydrogen (secondary N) is 1. The van der Waals surface area contributed by atoms with Crippen LogP contribution in [0.15, 0.2) is 35.4 Å². The lowest BCUT2D eigenvalue weighted by molar-refractivity contribution is 0.0934. The highest BCUT2D eigenvalue weighted by atomic mass is 16.2. The Morgan fingerprint density at radius 1 is 1.47 bits per heavy atom. The summed E-state index contributed by atoms with van der Waals surface area (Å²) in [5.74, 6) is 0.218. The van der Waals surface area contributed by atoms with Gasteiger partial charge in [-0.15, -0.1) is 0 Å². The normalized spacial score (nSPS) is 16.3. The zero-order valence-corrected chi connectivity index (χ0v) is 10.7. The molecule has 1 aliphatic carbocycles. The fourth-order valence-corrected chi connectivity index (χ4v) is 2.18. The predicted molar refractivity (Wildman–Crippen MR) is 71.1 cm³/mol. The maximum Gasteiger partial charge on any atom is 0.270 e. The first-order valence-electron chi connectivity index (χ1n) is 6.44. The number of carbonyl (C=O) groups is 1. The van der Waals surface area contributed by atoms with E-state index in [1.165, 1.54) is 10.6 Å². The van der Waals surface area contributed by atoms with Crippen molar-refractivity contribution in [3.05, 3.63) is 46.5 Å². The molecule has 1 atom stereocenters. The Labute approximate surface area is 110 Å². The second-order valence-corrected chi connectivity index (χ2v) is 5.01. The monoisotopic (exact) mass is 257 g/mol. The Balaban J connectivity index is 1.93. The van der Waals surface area contributed by atoms with E-state index >= 15 is 0 Å². The van der Waals surface area contributed by atoms with Gasteiger partial charge in [-0.05, 0) is 37.8 Å². The molecule has 2 heterocycles. The number of nitrogens with zero attached hydrogens (tertiary/aromatic N) is 2. The summed E-state index contributed by atoms with van der Waals surface area (Å²) in [7, 11) is 0. The Morgan fingerprint density at radius 2 is 2.26 bits per heavy atom. The van der Waals surface area contributed by atoms with Gasteiger partial charge in [0.15, 0.2) is 0 Å². The van der Waals surface area contributed by atoms with Gasteiger partial charge in [-0.3, -0.25) is 14.0 Å². The van der Waals surface area contributed by atoms with E-state index in [-0.39, 0.29) is 23.1 Å². The van der Waals surface area contributed by atoms with Gasteiger partial charge in [0.05, 0.1) is 0 Å². The summed E-state index contributed by atoms with van der Waals surface area (Å²) in [5.41, 5.74) is 0.307. The number of aromatic nitrogens is 2. The third-order valence-corrected chi connectivity index (χ3v) is 3.55. The van der Waals surface area contributed by atoms with Crippen molar-refractivity contribution in [1.82, 2.24) is 14.7 Å². The zero-order chi connectivity index (χ0) is 13.4. The van der Waals surface area contributed by atoms with Gasteiger partial charge in [0.1, 0.15) is 11.2 Å². The fraction of sp³-hybridized carbons (Fsp3) is 0.357. The average molecular weight is 257 g/mol. The first-order chi connectivity index (χ1) is 9.16. The molecule has 0 bridgehead atoms. The van der Waals surface area contributed by atoms with Crippen LogP contribution in [0.5, 0.6) is 0 Å². The molecule has 2 aromatic rings. The summed E-state index contributed by atoms with van der Waals surface area (Å²) < 4.78 is 1.39.